The van der Waals surface area contributed by atoms with E-state index in [9.17, 15) is 53.1 Å². The Morgan fingerprint density at radius 1 is 0.894 bits per heavy atom. The molecule has 21 heteroatoms. The Labute approximate surface area is 255 Å². The number of alkyl halides is 10. The number of urea groups is 1. The van der Waals surface area contributed by atoms with E-state index in [-0.39, 0.29) is 35.7 Å². The van der Waals surface area contributed by atoms with E-state index in [1.807, 2.05) is 19.2 Å². The molecule has 0 bridgehead atoms. The molecule has 0 aliphatic carbocycles. The van der Waals surface area contributed by atoms with Gasteiger partial charge in [-0.3, -0.25) is 0 Å². The Kier molecular flexibility index (Phi) is 9.92. The van der Waals surface area contributed by atoms with Gasteiger partial charge in [0.2, 0.25) is 0 Å². The number of nitrogens with one attached hydrogen (secondary N) is 2. The van der Waals surface area contributed by atoms with Crippen molar-refractivity contribution in [3.8, 4) is 11.3 Å². The minimum atomic E-state index is -6.58. The largest absolute Gasteiger partial charge is 0.490 e. The first-order chi connectivity index (χ1) is 21.5. The first-order valence-electron chi connectivity index (χ1n) is 12.6. The van der Waals surface area contributed by atoms with Gasteiger partial charge in [-0.2, -0.15) is 49.0 Å². The van der Waals surface area contributed by atoms with Gasteiger partial charge in [0, 0.05) is 22.9 Å². The zero-order chi connectivity index (χ0) is 35.7. The number of rotatable bonds is 6. The highest BCUT2D eigenvalue weighted by Crippen LogP contribution is 2.52. The summed E-state index contributed by atoms with van der Waals surface area (Å²) in [6, 6.07) is 4.98. The van der Waals surface area contributed by atoms with E-state index in [1.54, 1.807) is 16.8 Å². The second-order valence-corrected chi connectivity index (χ2v) is 9.64. The normalized spacial score (nSPS) is 12.5. The van der Waals surface area contributed by atoms with Crippen LogP contribution in [0.5, 0.6) is 0 Å². The molecule has 0 aliphatic heterocycles. The molecule has 254 valence electrons. The van der Waals surface area contributed by atoms with Crippen molar-refractivity contribution in [2.24, 2.45) is 0 Å². The SMILES string of the molecule is CC(C)n1nc(-c2ccc(NC(=O)Nc3cc(C(F)(F)C(F)(F)C(F)(F)F)ccc3F)cc2)c2c(N)ncnc21.O=C(O)C(F)(F)F. The van der Waals surface area contributed by atoms with Crippen LogP contribution in [0.2, 0.25) is 0 Å². The smallest absolute Gasteiger partial charge is 0.475 e. The molecule has 4 rings (SSSR count). The lowest BCUT2D eigenvalue weighted by Crippen LogP contribution is -2.50. The Balaban J connectivity index is 0.000000771. The summed E-state index contributed by atoms with van der Waals surface area (Å²) in [4.78, 5) is 29.5. The van der Waals surface area contributed by atoms with Gasteiger partial charge in [0.15, 0.2) is 5.65 Å². The van der Waals surface area contributed by atoms with E-state index in [0.29, 0.717) is 22.3 Å². The van der Waals surface area contributed by atoms with E-state index >= 15 is 0 Å². The second kappa shape index (κ2) is 12.9. The number of hydrogen-bond acceptors (Lipinski definition) is 6. The summed E-state index contributed by atoms with van der Waals surface area (Å²) in [6.45, 7) is 3.78. The fraction of sp³-hybridized carbons (Fsp3) is 0.269. The van der Waals surface area contributed by atoms with Gasteiger partial charge in [-0.1, -0.05) is 12.1 Å². The van der Waals surface area contributed by atoms with Crippen LogP contribution < -0.4 is 16.4 Å². The number of fused-ring (bicyclic) bond motifs is 1. The van der Waals surface area contributed by atoms with Crippen LogP contribution in [-0.4, -0.2) is 55.1 Å². The van der Waals surface area contributed by atoms with Gasteiger partial charge in [0.05, 0.1) is 11.1 Å². The van der Waals surface area contributed by atoms with Gasteiger partial charge >= 0.3 is 36.2 Å². The molecule has 0 aliphatic rings. The third-order valence-corrected chi connectivity index (χ3v) is 5.99. The van der Waals surface area contributed by atoms with Crippen LogP contribution in [0.25, 0.3) is 22.3 Å². The topological polar surface area (TPSA) is 148 Å². The van der Waals surface area contributed by atoms with Crippen LogP contribution in [0.15, 0.2) is 48.8 Å². The first-order valence-corrected chi connectivity index (χ1v) is 12.6. The molecule has 2 heterocycles. The lowest BCUT2D eigenvalue weighted by atomic mass is 10.0. The minimum Gasteiger partial charge on any atom is -0.475 e. The summed E-state index contributed by atoms with van der Waals surface area (Å²) in [5, 5.41) is 16.3. The van der Waals surface area contributed by atoms with E-state index in [1.165, 1.54) is 18.5 Å². The number of carboxylic acid groups (broad SMARTS) is 1. The van der Waals surface area contributed by atoms with Gasteiger partial charge in [0.25, 0.3) is 0 Å². The first kappa shape index (κ1) is 36.2. The van der Waals surface area contributed by atoms with Gasteiger partial charge < -0.3 is 21.5 Å². The Hall–Kier alpha value is -5.24. The minimum absolute atomic E-state index is 0.000294. The number of amides is 2. The van der Waals surface area contributed by atoms with Gasteiger partial charge in [-0.25, -0.2) is 28.6 Å². The third-order valence-electron chi connectivity index (χ3n) is 5.99. The maximum absolute atomic E-state index is 14.1. The Bertz CT molecular complexity index is 1770. The number of carbonyl (C=O) groups excluding carboxylic acids is 1. The third kappa shape index (κ3) is 7.60. The number of nitrogens with two attached hydrogens (primary N) is 1. The Morgan fingerprint density at radius 2 is 1.47 bits per heavy atom. The molecule has 47 heavy (non-hydrogen) atoms. The number of aromatic nitrogens is 4. The molecule has 4 aromatic rings. The summed E-state index contributed by atoms with van der Waals surface area (Å²) in [6.07, 6.45) is -10.4. The molecule has 0 unspecified atom stereocenters. The van der Waals surface area contributed by atoms with Crippen molar-refractivity contribution >= 4 is 40.2 Å². The lowest BCUT2D eigenvalue weighted by molar-refractivity contribution is -0.359. The highest BCUT2D eigenvalue weighted by atomic mass is 19.4. The predicted octanol–water partition coefficient (Wildman–Crippen LogP) is 7.36. The number of benzene rings is 2. The van der Waals surface area contributed by atoms with Crippen molar-refractivity contribution in [1.82, 2.24) is 19.7 Å². The fourth-order valence-electron chi connectivity index (χ4n) is 3.73. The van der Waals surface area contributed by atoms with Crippen LogP contribution in [0.3, 0.4) is 0 Å². The molecule has 0 atom stereocenters. The number of anilines is 3. The maximum atomic E-state index is 14.1. The predicted molar refractivity (Wildman–Crippen MR) is 143 cm³/mol. The van der Waals surface area contributed by atoms with E-state index in [4.69, 9.17) is 15.6 Å². The molecule has 2 amide bonds. The number of carboxylic acids is 1. The van der Waals surface area contributed by atoms with Crippen molar-refractivity contribution in [3.63, 3.8) is 0 Å². The number of nitrogen functional groups attached to an aromatic ring is 1. The average Bonchev–Trinajstić information content (AvgIpc) is 3.35. The molecule has 5 N–H and O–H groups in total. The van der Waals surface area contributed by atoms with Gasteiger partial charge in [-0.15, -0.1) is 0 Å². The van der Waals surface area contributed by atoms with Crippen LogP contribution in [0.4, 0.5) is 70.3 Å². The summed E-state index contributed by atoms with van der Waals surface area (Å²) in [7, 11) is 0. The molecule has 2 aromatic heterocycles. The molecule has 10 nitrogen and oxygen atoms in total. The van der Waals surface area contributed by atoms with Crippen LogP contribution in [0, 0.1) is 5.82 Å². The number of nitrogens with zero attached hydrogens (tertiary/aromatic N) is 4. The monoisotopic (exact) mass is 687 g/mol. The maximum Gasteiger partial charge on any atom is 0.490 e. The summed E-state index contributed by atoms with van der Waals surface area (Å²) in [5.74, 6) is -16.1. The fourth-order valence-corrected chi connectivity index (χ4v) is 3.73. The molecule has 0 saturated carbocycles. The van der Waals surface area contributed by atoms with Crippen LogP contribution >= 0.6 is 0 Å². The van der Waals surface area contributed by atoms with E-state index in [0.717, 1.165) is 0 Å². The van der Waals surface area contributed by atoms with Crippen molar-refractivity contribution < 1.29 is 63.0 Å². The van der Waals surface area contributed by atoms with E-state index < -0.39 is 53.3 Å². The van der Waals surface area contributed by atoms with E-state index in [2.05, 4.69) is 20.4 Å². The quantitative estimate of drug-likeness (QED) is 0.155. The van der Waals surface area contributed by atoms with Gasteiger partial charge in [0.1, 0.15) is 23.7 Å². The Morgan fingerprint density at radius 3 is 1.98 bits per heavy atom. The molecule has 0 fully saturated rings. The molecule has 0 saturated heterocycles. The molecular weight excluding hydrogens is 667 g/mol. The molecule has 0 radical (unpaired) electrons. The second-order valence-electron chi connectivity index (χ2n) is 9.64. The zero-order valence-electron chi connectivity index (χ0n) is 23.5. The average molecular weight is 687 g/mol. The summed E-state index contributed by atoms with van der Waals surface area (Å²) in [5.41, 5.74) is 4.76. The summed E-state index contributed by atoms with van der Waals surface area (Å²) >= 11 is 0. The van der Waals surface area contributed by atoms with Crippen molar-refractivity contribution in [1.29, 1.82) is 0 Å². The number of halogens is 11. The van der Waals surface area contributed by atoms with Crippen LogP contribution in [0.1, 0.15) is 25.5 Å². The zero-order valence-corrected chi connectivity index (χ0v) is 23.5. The molecule has 0 spiro atoms. The number of hydrogen-bond donors (Lipinski definition) is 4. The molecule has 2 aromatic carbocycles. The van der Waals surface area contributed by atoms with Crippen LogP contribution in [-0.2, 0) is 10.7 Å². The standard InChI is InChI=1S/C24H19F8N7O.C2HF3O2/c1-11(2)39-20-17(19(33)34-10-35-20)18(38-39)12-3-6-14(7-4-12)36-21(40)37-16-9-13(5-8-15(16)25)22(26,27)23(28,29)24(30,31)32;3-2(4,5)1(6)7/h3-11H,1-2H3,(H2,33,34,35)(H2,36,37,40);(H,6,7). The molecular formula is C26H20F11N7O3. The highest BCUT2D eigenvalue weighted by Gasteiger charge is 2.73. The number of aliphatic carboxylic acids is 1. The summed E-state index contributed by atoms with van der Waals surface area (Å²) < 4.78 is 140. The van der Waals surface area contributed by atoms with Crippen molar-refractivity contribution in [2.75, 3.05) is 16.4 Å². The highest BCUT2D eigenvalue weighted by molar-refractivity contribution is 6.01. The van der Waals surface area contributed by atoms with Gasteiger partial charge in [-0.05, 0) is 44.2 Å². The van der Waals surface area contributed by atoms with Crippen molar-refractivity contribution in [3.05, 3.63) is 60.2 Å². The lowest BCUT2D eigenvalue weighted by Gasteiger charge is -2.28. The van der Waals surface area contributed by atoms with Crippen molar-refractivity contribution in [2.45, 2.75) is 44.1 Å². The number of carbonyl (C=O) groups is 2.